The molecule has 2 rings (SSSR count). The van der Waals surface area contributed by atoms with Gasteiger partial charge in [0.05, 0.1) is 0 Å². The molecule has 0 unspecified atom stereocenters. The largest absolute Gasteiger partial charge is 0.326 e. The summed E-state index contributed by atoms with van der Waals surface area (Å²) in [6.07, 6.45) is 0. The monoisotopic (exact) mass is 262 g/mol. The summed E-state index contributed by atoms with van der Waals surface area (Å²) in [6.45, 7) is 0. The van der Waals surface area contributed by atoms with E-state index in [2.05, 4.69) is 19.9 Å². The van der Waals surface area contributed by atoms with Crippen LogP contribution in [0.15, 0.2) is 0 Å². The Morgan fingerprint density at radius 1 is 0.800 bits per heavy atom. The van der Waals surface area contributed by atoms with Crippen LogP contribution >= 0.6 is 0 Å². The highest BCUT2D eigenvalue weighted by Crippen LogP contribution is 2.10. The Morgan fingerprint density at radius 2 is 1.20 bits per heavy atom. The molecule has 2 aromatic heterocycles. The van der Waals surface area contributed by atoms with Crippen LogP contribution in [-0.2, 0) is 0 Å². The molecule has 20 heavy (non-hydrogen) atoms. The molecular weight excluding hydrogens is 260 g/mol. The molecule has 0 fully saturated rings. The van der Waals surface area contributed by atoms with Crippen molar-refractivity contribution in [2.45, 2.75) is 0 Å². The average molecular weight is 262 g/mol. The average Bonchev–Trinajstić information content (AvgIpc) is 3.09. The molecule has 0 spiro atoms. The molecule has 0 bridgehead atoms. The van der Waals surface area contributed by atoms with E-state index in [0.717, 1.165) is 0 Å². The van der Waals surface area contributed by atoms with Gasteiger partial charge in [-0.25, -0.2) is 9.97 Å². The third-order valence-corrected chi connectivity index (χ3v) is 2.27. The van der Waals surface area contributed by atoms with Crippen molar-refractivity contribution in [2.75, 3.05) is 0 Å². The summed E-state index contributed by atoms with van der Waals surface area (Å²) in [6, 6.07) is 6.69. The van der Waals surface area contributed by atoms with Crippen molar-refractivity contribution in [2.24, 2.45) is 0 Å². The second kappa shape index (κ2) is 4.73. The summed E-state index contributed by atoms with van der Waals surface area (Å²) in [5, 5.41) is 35.0. The van der Waals surface area contributed by atoms with Crippen LogP contribution in [0.3, 0.4) is 0 Å². The summed E-state index contributed by atoms with van der Waals surface area (Å²) in [5.41, 5.74) is -0.737. The van der Waals surface area contributed by atoms with E-state index >= 15 is 0 Å². The summed E-state index contributed by atoms with van der Waals surface area (Å²) in [4.78, 5) is 24.1. The van der Waals surface area contributed by atoms with E-state index in [9.17, 15) is 4.79 Å². The highest BCUT2D eigenvalue weighted by atomic mass is 16.1. The molecule has 0 aromatic carbocycles. The van der Waals surface area contributed by atoms with Crippen molar-refractivity contribution >= 4 is 5.78 Å². The molecule has 2 heterocycles. The molecule has 9 heteroatoms. The van der Waals surface area contributed by atoms with Crippen LogP contribution < -0.4 is 0 Å². The van der Waals surface area contributed by atoms with E-state index in [1.807, 2.05) is 0 Å². The Bertz CT molecular complexity index is 738. The minimum atomic E-state index is -0.763. The lowest BCUT2D eigenvalue weighted by Crippen LogP contribution is -2.06. The highest BCUT2D eigenvalue weighted by Gasteiger charge is 2.22. The molecule has 0 saturated carbocycles. The number of nitrogens with zero attached hydrogens (tertiary/aromatic N) is 6. The van der Waals surface area contributed by atoms with Gasteiger partial charge in [-0.3, -0.25) is 4.79 Å². The van der Waals surface area contributed by atoms with E-state index in [-0.39, 0.29) is 34.4 Å². The number of aromatic amines is 2. The second-order valence-electron chi connectivity index (χ2n) is 3.39. The first-order valence-electron chi connectivity index (χ1n) is 4.99. The molecule has 0 amide bonds. The molecule has 9 nitrogen and oxygen atoms in total. The molecule has 2 aromatic rings. The first-order chi connectivity index (χ1) is 9.64. The van der Waals surface area contributed by atoms with Crippen LogP contribution in [-0.4, -0.2) is 25.7 Å². The van der Waals surface area contributed by atoms with E-state index in [1.54, 1.807) is 24.3 Å². The Kier molecular flexibility index (Phi) is 2.96. The fourth-order valence-corrected chi connectivity index (χ4v) is 1.40. The van der Waals surface area contributed by atoms with Crippen molar-refractivity contribution in [1.82, 2.24) is 19.9 Å². The minimum Gasteiger partial charge on any atom is -0.326 e. The van der Waals surface area contributed by atoms with Crippen LogP contribution in [0.4, 0.5) is 0 Å². The fourth-order valence-electron chi connectivity index (χ4n) is 1.40. The Morgan fingerprint density at radius 3 is 1.45 bits per heavy atom. The Balaban J connectivity index is 2.49. The maximum absolute atomic E-state index is 12.0. The van der Waals surface area contributed by atoms with Crippen LogP contribution in [0.25, 0.3) is 0 Å². The van der Waals surface area contributed by atoms with Gasteiger partial charge in [0, 0.05) is 0 Å². The van der Waals surface area contributed by atoms with Crippen LogP contribution in [0.5, 0.6) is 0 Å². The van der Waals surface area contributed by atoms with Crippen molar-refractivity contribution in [3.05, 3.63) is 34.4 Å². The molecule has 0 atom stereocenters. The van der Waals surface area contributed by atoms with Gasteiger partial charge in [0.1, 0.15) is 24.3 Å². The number of ketones is 1. The maximum Gasteiger partial charge on any atom is 0.263 e. The SMILES string of the molecule is N#Cc1nc(C(=O)c2nc(C#N)c(C#N)[nH]2)[nH]c1C#N. The van der Waals surface area contributed by atoms with Gasteiger partial charge < -0.3 is 9.97 Å². The molecule has 0 aliphatic heterocycles. The number of rotatable bonds is 2. The predicted molar refractivity (Wildman–Crippen MR) is 59.5 cm³/mol. The van der Waals surface area contributed by atoms with Crippen LogP contribution in [0.1, 0.15) is 39.2 Å². The van der Waals surface area contributed by atoms with Gasteiger partial charge in [0.25, 0.3) is 5.78 Å². The van der Waals surface area contributed by atoms with Crippen molar-refractivity contribution in [3.8, 4) is 24.3 Å². The molecule has 0 saturated heterocycles. The standard InChI is InChI=1S/C11H2N8O/c12-1-5-6(2-13)17-10(16-5)9(20)11-18-7(3-14)8(4-15)19-11/h(H,16,17)(H,18,19). The zero-order valence-corrected chi connectivity index (χ0v) is 9.59. The normalized spacial score (nSPS) is 9.00. The predicted octanol–water partition coefficient (Wildman–Crippen LogP) is -0.149. The zero-order chi connectivity index (χ0) is 14.7. The quantitative estimate of drug-likeness (QED) is 0.708. The summed E-state index contributed by atoms with van der Waals surface area (Å²) in [7, 11) is 0. The number of H-pyrrole nitrogens is 2. The lowest BCUT2D eigenvalue weighted by atomic mass is 10.3. The van der Waals surface area contributed by atoms with Gasteiger partial charge in [0.15, 0.2) is 34.4 Å². The van der Waals surface area contributed by atoms with Crippen molar-refractivity contribution in [3.63, 3.8) is 0 Å². The zero-order valence-electron chi connectivity index (χ0n) is 9.59. The molecule has 0 aliphatic rings. The second-order valence-corrected chi connectivity index (χ2v) is 3.39. The van der Waals surface area contributed by atoms with Gasteiger partial charge in [0.2, 0.25) is 0 Å². The number of nitriles is 4. The van der Waals surface area contributed by atoms with Gasteiger partial charge in [-0.1, -0.05) is 0 Å². The van der Waals surface area contributed by atoms with Gasteiger partial charge in [-0.05, 0) is 0 Å². The smallest absolute Gasteiger partial charge is 0.263 e. The number of carbonyl (C=O) groups is 1. The number of hydrogen-bond acceptors (Lipinski definition) is 7. The van der Waals surface area contributed by atoms with Crippen molar-refractivity contribution in [1.29, 1.82) is 21.0 Å². The molecule has 0 aliphatic carbocycles. The van der Waals surface area contributed by atoms with E-state index in [0.29, 0.717) is 0 Å². The first-order valence-corrected chi connectivity index (χ1v) is 4.99. The van der Waals surface area contributed by atoms with E-state index in [1.165, 1.54) is 0 Å². The van der Waals surface area contributed by atoms with Gasteiger partial charge in [-0.15, -0.1) is 0 Å². The summed E-state index contributed by atoms with van der Waals surface area (Å²) >= 11 is 0. The maximum atomic E-state index is 12.0. The van der Waals surface area contributed by atoms with Crippen LogP contribution in [0, 0.1) is 45.3 Å². The third-order valence-electron chi connectivity index (χ3n) is 2.27. The molecule has 0 radical (unpaired) electrons. The number of aromatic nitrogens is 4. The number of imidazole rings is 2. The Labute approximate surface area is 111 Å². The topological polar surface area (TPSA) is 170 Å². The third kappa shape index (κ3) is 1.84. The fraction of sp³-hybridized carbons (Fsp3) is 0. The van der Waals surface area contributed by atoms with E-state index in [4.69, 9.17) is 21.0 Å². The number of nitrogens with one attached hydrogen (secondary N) is 2. The molecule has 92 valence electrons. The lowest BCUT2D eigenvalue weighted by Gasteiger charge is -1.89. The van der Waals surface area contributed by atoms with Crippen LogP contribution in [0.2, 0.25) is 0 Å². The van der Waals surface area contributed by atoms with Gasteiger partial charge in [-0.2, -0.15) is 21.0 Å². The number of carbonyl (C=O) groups excluding carboxylic acids is 1. The Hall–Kier alpha value is -3.95. The minimum absolute atomic E-state index is 0.150. The summed E-state index contributed by atoms with van der Waals surface area (Å²) < 4.78 is 0. The number of hydrogen-bond donors (Lipinski definition) is 2. The van der Waals surface area contributed by atoms with E-state index < -0.39 is 5.78 Å². The van der Waals surface area contributed by atoms with Gasteiger partial charge >= 0.3 is 0 Å². The van der Waals surface area contributed by atoms with Crippen molar-refractivity contribution < 1.29 is 4.79 Å². The summed E-state index contributed by atoms with van der Waals surface area (Å²) in [5.74, 6) is -1.32. The lowest BCUT2D eigenvalue weighted by molar-refractivity contribution is 0.102. The highest BCUT2D eigenvalue weighted by molar-refractivity contribution is 6.04. The first kappa shape index (κ1) is 12.5. The molecular formula is C11H2N8O. The molecule has 2 N–H and O–H groups in total.